The number of hydrogen-bond donors (Lipinski definition) is 3. The van der Waals surface area contributed by atoms with Crippen LogP contribution in [0.1, 0.15) is 52.2 Å². The smallest absolute Gasteiger partial charge is 0.407 e. The van der Waals surface area contributed by atoms with Gasteiger partial charge in [0.2, 0.25) is 10.0 Å². The SMILES string of the molecule is COC(=O)N[C@@H](C)CCc1nccc(-c2[nH]c(C(C)(C)C)nc2-c2cccc(NS(=O)(=O)CCC(F)(F)F)c2F)n1. The third-order valence-electron chi connectivity index (χ3n) is 5.90. The summed E-state index contributed by atoms with van der Waals surface area (Å²) >= 11 is 0. The molecular formula is C26H32F4N6O4S. The molecule has 0 aliphatic rings. The molecule has 15 heteroatoms. The molecule has 0 saturated heterocycles. The normalized spacial score (nSPS) is 13.1. The van der Waals surface area contributed by atoms with Crippen molar-refractivity contribution in [1.29, 1.82) is 0 Å². The highest BCUT2D eigenvalue weighted by Crippen LogP contribution is 2.36. The molecule has 0 aliphatic carbocycles. The maximum Gasteiger partial charge on any atom is 0.407 e. The molecule has 2 aromatic heterocycles. The number of hydrogen-bond acceptors (Lipinski definition) is 7. The van der Waals surface area contributed by atoms with Crippen LogP contribution in [0.2, 0.25) is 0 Å². The Hall–Kier alpha value is -3.75. The van der Waals surface area contributed by atoms with Crippen LogP contribution < -0.4 is 10.0 Å². The Morgan fingerprint density at radius 2 is 1.85 bits per heavy atom. The zero-order valence-corrected chi connectivity index (χ0v) is 24.0. The average Bonchev–Trinajstić information content (AvgIpc) is 3.33. The monoisotopic (exact) mass is 600 g/mol. The molecule has 0 aliphatic heterocycles. The molecule has 1 aromatic carbocycles. The first-order valence-electron chi connectivity index (χ1n) is 12.6. The minimum absolute atomic E-state index is 0.0844. The van der Waals surface area contributed by atoms with Crippen molar-refractivity contribution in [2.24, 2.45) is 0 Å². The second-order valence-electron chi connectivity index (χ2n) is 10.4. The molecule has 0 fully saturated rings. The molecule has 0 saturated carbocycles. The van der Waals surface area contributed by atoms with Gasteiger partial charge < -0.3 is 15.0 Å². The van der Waals surface area contributed by atoms with Crippen LogP contribution in [0, 0.1) is 5.82 Å². The number of alkyl carbamates (subject to hydrolysis) is 1. The number of carbonyl (C=O) groups excluding carboxylic acids is 1. The maximum atomic E-state index is 15.7. The highest BCUT2D eigenvalue weighted by atomic mass is 32.2. The molecule has 3 N–H and O–H groups in total. The molecule has 10 nitrogen and oxygen atoms in total. The van der Waals surface area contributed by atoms with E-state index in [9.17, 15) is 26.4 Å². The van der Waals surface area contributed by atoms with Crippen molar-refractivity contribution in [3.05, 3.63) is 47.9 Å². The standard InChI is InChI=1S/C26H32F4N6O4S/c1-15(32-24(37)40-5)9-10-19-31-13-11-18(33-19)22-21(34-23(35-22)25(2,3)4)16-7-6-8-17(20(16)27)36-41(38,39)14-12-26(28,29)30/h6-8,11,13,15,36H,9-10,12,14H2,1-5H3,(H,32,37)(H,34,35)/t15-/m0/s1. The average molecular weight is 601 g/mol. The molecule has 1 atom stereocenters. The van der Waals surface area contributed by atoms with Crippen molar-refractivity contribution >= 4 is 21.8 Å². The molecule has 3 aromatic rings. The highest BCUT2D eigenvalue weighted by molar-refractivity contribution is 7.92. The number of alkyl halides is 3. The summed E-state index contributed by atoms with van der Waals surface area (Å²) in [7, 11) is -3.22. The second kappa shape index (κ2) is 12.4. The lowest BCUT2D eigenvalue weighted by Crippen LogP contribution is -2.32. The first-order valence-corrected chi connectivity index (χ1v) is 14.3. The first kappa shape index (κ1) is 31.8. The van der Waals surface area contributed by atoms with Gasteiger partial charge in [-0.15, -0.1) is 0 Å². The van der Waals surface area contributed by atoms with Crippen LogP contribution >= 0.6 is 0 Å². The number of nitrogens with zero attached hydrogens (tertiary/aromatic N) is 3. The molecule has 41 heavy (non-hydrogen) atoms. The number of nitrogens with one attached hydrogen (secondary N) is 3. The number of amides is 1. The minimum atomic E-state index is -4.69. The molecule has 1 amide bonds. The van der Waals surface area contributed by atoms with Crippen LogP contribution in [0.5, 0.6) is 0 Å². The van der Waals surface area contributed by atoms with Gasteiger partial charge in [0.25, 0.3) is 0 Å². The van der Waals surface area contributed by atoms with Crippen molar-refractivity contribution in [2.45, 2.75) is 64.6 Å². The number of H-pyrrole nitrogens is 1. The number of anilines is 1. The number of aromatic amines is 1. The zero-order valence-electron chi connectivity index (χ0n) is 23.2. The van der Waals surface area contributed by atoms with Crippen LogP contribution in [0.4, 0.5) is 28.0 Å². The van der Waals surface area contributed by atoms with Crippen LogP contribution in [-0.4, -0.2) is 59.5 Å². The Morgan fingerprint density at radius 3 is 2.49 bits per heavy atom. The fraction of sp³-hybridized carbons (Fsp3) is 0.462. The van der Waals surface area contributed by atoms with Crippen molar-refractivity contribution in [3.8, 4) is 22.6 Å². The van der Waals surface area contributed by atoms with E-state index in [1.807, 2.05) is 25.5 Å². The highest BCUT2D eigenvalue weighted by Gasteiger charge is 2.31. The summed E-state index contributed by atoms with van der Waals surface area (Å²) < 4.78 is 84.4. The van der Waals surface area contributed by atoms with Crippen LogP contribution in [-0.2, 0) is 26.6 Å². The van der Waals surface area contributed by atoms with Gasteiger partial charge in [0.15, 0.2) is 5.82 Å². The number of aromatic nitrogens is 4. The lowest BCUT2D eigenvalue weighted by atomic mass is 9.96. The van der Waals surface area contributed by atoms with Crippen LogP contribution in [0.25, 0.3) is 22.6 Å². The van der Waals surface area contributed by atoms with Gasteiger partial charge in [0, 0.05) is 29.6 Å². The van der Waals surface area contributed by atoms with Crippen molar-refractivity contribution in [2.75, 3.05) is 17.6 Å². The van der Waals surface area contributed by atoms with E-state index in [-0.39, 0.29) is 17.3 Å². The van der Waals surface area contributed by atoms with Gasteiger partial charge in [-0.1, -0.05) is 26.8 Å². The van der Waals surface area contributed by atoms with E-state index in [1.54, 1.807) is 13.0 Å². The van der Waals surface area contributed by atoms with Crippen molar-refractivity contribution in [3.63, 3.8) is 0 Å². The Bertz CT molecular complexity index is 1490. The number of aryl methyl sites for hydroxylation is 1. The Morgan fingerprint density at radius 1 is 1.15 bits per heavy atom. The summed E-state index contributed by atoms with van der Waals surface area (Å²) in [6, 6.07) is 5.26. The number of rotatable bonds is 10. The summed E-state index contributed by atoms with van der Waals surface area (Å²) in [6.07, 6.45) is -4.38. The quantitative estimate of drug-likeness (QED) is 0.267. The number of sulfonamides is 1. The predicted molar refractivity (Wildman–Crippen MR) is 145 cm³/mol. The largest absolute Gasteiger partial charge is 0.453 e. The number of imidazole rings is 1. The topological polar surface area (TPSA) is 139 Å². The number of methoxy groups -OCH3 is 1. The Labute approximate surface area is 235 Å². The Balaban J connectivity index is 1.98. The molecule has 0 spiro atoms. The molecule has 2 heterocycles. The van der Waals surface area contributed by atoms with E-state index in [0.717, 1.165) is 6.07 Å². The summed E-state index contributed by atoms with van der Waals surface area (Å²) in [5.74, 6) is -1.31. The number of carbonyl (C=O) groups is 1. The van der Waals surface area contributed by atoms with Gasteiger partial charge in [0.1, 0.15) is 17.3 Å². The fourth-order valence-corrected chi connectivity index (χ4v) is 4.80. The lowest BCUT2D eigenvalue weighted by Gasteiger charge is -2.14. The number of halogens is 4. The first-order chi connectivity index (χ1) is 19.0. The summed E-state index contributed by atoms with van der Waals surface area (Å²) in [4.78, 5) is 28.1. The second-order valence-corrected chi connectivity index (χ2v) is 12.3. The fourth-order valence-electron chi connectivity index (χ4n) is 3.71. The van der Waals surface area contributed by atoms with Gasteiger partial charge in [-0.2, -0.15) is 13.2 Å². The van der Waals surface area contributed by atoms with Gasteiger partial charge in [0.05, 0.1) is 36.4 Å². The van der Waals surface area contributed by atoms with E-state index in [2.05, 4.69) is 30.0 Å². The van der Waals surface area contributed by atoms with E-state index in [0.29, 0.717) is 35.9 Å². The molecule has 3 rings (SSSR count). The van der Waals surface area contributed by atoms with E-state index in [4.69, 9.17) is 0 Å². The third kappa shape index (κ3) is 8.87. The summed E-state index contributed by atoms with van der Waals surface area (Å²) in [5, 5.41) is 2.66. The van der Waals surface area contributed by atoms with E-state index >= 15 is 4.39 Å². The summed E-state index contributed by atoms with van der Waals surface area (Å²) in [5.41, 5.74) is -0.225. The van der Waals surface area contributed by atoms with Crippen LogP contribution in [0.15, 0.2) is 30.5 Å². The van der Waals surface area contributed by atoms with E-state index < -0.39 is 51.4 Å². The third-order valence-corrected chi connectivity index (χ3v) is 7.17. The van der Waals surface area contributed by atoms with Gasteiger partial charge >= 0.3 is 12.3 Å². The van der Waals surface area contributed by atoms with Gasteiger partial charge in [-0.25, -0.2) is 32.6 Å². The van der Waals surface area contributed by atoms with Crippen molar-refractivity contribution < 1.29 is 35.5 Å². The molecule has 0 bridgehead atoms. The van der Waals surface area contributed by atoms with Gasteiger partial charge in [-0.3, -0.25) is 4.72 Å². The van der Waals surface area contributed by atoms with E-state index in [1.165, 1.54) is 25.4 Å². The molecule has 0 radical (unpaired) electrons. The lowest BCUT2D eigenvalue weighted by molar-refractivity contribution is -0.129. The Kier molecular flexibility index (Phi) is 9.62. The maximum absolute atomic E-state index is 15.7. The van der Waals surface area contributed by atoms with Gasteiger partial charge in [-0.05, 0) is 31.5 Å². The summed E-state index contributed by atoms with van der Waals surface area (Å²) in [6.45, 7) is 7.47. The zero-order chi connectivity index (χ0) is 30.6. The van der Waals surface area contributed by atoms with Crippen molar-refractivity contribution in [1.82, 2.24) is 25.3 Å². The van der Waals surface area contributed by atoms with Crippen LogP contribution in [0.3, 0.4) is 0 Å². The molecule has 0 unspecified atom stereocenters. The number of benzene rings is 1. The predicted octanol–water partition coefficient (Wildman–Crippen LogP) is 5.34. The number of ether oxygens (including phenoxy) is 1. The molecule has 224 valence electrons. The minimum Gasteiger partial charge on any atom is -0.453 e. The molecular weight excluding hydrogens is 568 g/mol.